The fourth-order valence-electron chi connectivity index (χ4n) is 2.05. The normalized spacial score (nSPS) is 13.6. The van der Waals surface area contributed by atoms with Crippen LogP contribution in [0.1, 0.15) is 18.1 Å². The van der Waals surface area contributed by atoms with E-state index in [4.69, 9.17) is 5.11 Å². The van der Waals surface area contributed by atoms with Crippen molar-refractivity contribution in [3.63, 3.8) is 0 Å². The first-order valence-corrected chi connectivity index (χ1v) is 6.67. The Balaban J connectivity index is 2.21. The van der Waals surface area contributed by atoms with E-state index < -0.39 is 10.5 Å². The Morgan fingerprint density at radius 3 is 2.77 bits per heavy atom. The number of aromatic nitrogens is 2. The Kier molecular flexibility index (Phi) is 4.43. The molecule has 0 amide bonds. The summed E-state index contributed by atoms with van der Waals surface area (Å²) in [7, 11) is 1.74. The van der Waals surface area contributed by atoms with Gasteiger partial charge in [0.05, 0.1) is 17.7 Å². The first-order chi connectivity index (χ1) is 10.3. The van der Waals surface area contributed by atoms with Gasteiger partial charge in [-0.15, -0.1) is 0 Å². The molecule has 0 spiro atoms. The number of rotatable bonds is 6. The summed E-state index contributed by atoms with van der Waals surface area (Å²) in [4.78, 5) is 10.5. The number of aryl methyl sites for hydroxylation is 1. The molecule has 1 heterocycles. The third kappa shape index (κ3) is 3.41. The van der Waals surface area contributed by atoms with E-state index in [0.717, 1.165) is 0 Å². The zero-order valence-corrected chi connectivity index (χ0v) is 12.4. The number of anilines is 1. The van der Waals surface area contributed by atoms with E-state index in [-0.39, 0.29) is 24.5 Å². The Morgan fingerprint density at radius 2 is 2.23 bits per heavy atom. The number of nitrogens with zero attached hydrogens (tertiary/aromatic N) is 3. The number of aliphatic hydroxyl groups is 2. The molecule has 22 heavy (non-hydrogen) atoms. The molecule has 0 aliphatic rings. The van der Waals surface area contributed by atoms with Gasteiger partial charge < -0.3 is 15.5 Å². The number of nitrogens with one attached hydrogen (secondary N) is 1. The molecule has 0 saturated carbocycles. The van der Waals surface area contributed by atoms with Crippen molar-refractivity contribution in [1.29, 1.82) is 0 Å². The standard InChI is InChI=1S/C14H18N4O4/c1-14(20,11-6-16-17(2)7-11)9-15-12-5-10(8-19)3-4-13(12)18(21)22/h3-7,15,19-20H,8-9H2,1-2H3. The second kappa shape index (κ2) is 6.12. The smallest absolute Gasteiger partial charge is 0.292 e. The number of hydrogen-bond acceptors (Lipinski definition) is 6. The highest BCUT2D eigenvalue weighted by Crippen LogP contribution is 2.28. The zero-order valence-electron chi connectivity index (χ0n) is 12.4. The van der Waals surface area contributed by atoms with Gasteiger partial charge in [-0.2, -0.15) is 5.10 Å². The van der Waals surface area contributed by atoms with Gasteiger partial charge in [0.2, 0.25) is 0 Å². The average molecular weight is 306 g/mol. The summed E-state index contributed by atoms with van der Waals surface area (Å²) in [5, 5.41) is 37.5. The van der Waals surface area contributed by atoms with Gasteiger partial charge in [-0.05, 0) is 24.6 Å². The van der Waals surface area contributed by atoms with Crippen LogP contribution in [0.2, 0.25) is 0 Å². The molecule has 1 atom stereocenters. The monoisotopic (exact) mass is 306 g/mol. The van der Waals surface area contributed by atoms with E-state index in [2.05, 4.69) is 10.4 Å². The van der Waals surface area contributed by atoms with Crippen LogP contribution in [0.4, 0.5) is 11.4 Å². The highest BCUT2D eigenvalue weighted by molar-refractivity contribution is 5.63. The number of nitro groups is 1. The molecule has 1 aromatic carbocycles. The van der Waals surface area contributed by atoms with Gasteiger partial charge >= 0.3 is 0 Å². The highest BCUT2D eigenvalue weighted by atomic mass is 16.6. The molecule has 8 nitrogen and oxygen atoms in total. The van der Waals surface area contributed by atoms with Gasteiger partial charge in [0, 0.05) is 31.4 Å². The van der Waals surface area contributed by atoms with Crippen LogP contribution >= 0.6 is 0 Å². The number of aliphatic hydroxyl groups excluding tert-OH is 1. The van der Waals surface area contributed by atoms with Crippen molar-refractivity contribution in [3.05, 3.63) is 51.8 Å². The predicted molar refractivity (Wildman–Crippen MR) is 80.3 cm³/mol. The lowest BCUT2D eigenvalue weighted by molar-refractivity contribution is -0.384. The van der Waals surface area contributed by atoms with Crippen molar-refractivity contribution < 1.29 is 15.1 Å². The molecule has 0 radical (unpaired) electrons. The summed E-state index contributed by atoms with van der Waals surface area (Å²) < 4.78 is 1.57. The second-order valence-electron chi connectivity index (χ2n) is 5.30. The van der Waals surface area contributed by atoms with Gasteiger partial charge in [-0.3, -0.25) is 14.8 Å². The molecule has 2 aromatic rings. The Morgan fingerprint density at radius 1 is 1.50 bits per heavy atom. The van der Waals surface area contributed by atoms with Gasteiger partial charge in [0.15, 0.2) is 0 Å². The van der Waals surface area contributed by atoms with Crippen molar-refractivity contribution in [1.82, 2.24) is 9.78 Å². The van der Waals surface area contributed by atoms with E-state index >= 15 is 0 Å². The summed E-state index contributed by atoms with van der Waals surface area (Å²) in [6.45, 7) is 1.44. The quantitative estimate of drug-likeness (QED) is 0.545. The first kappa shape index (κ1) is 15.9. The number of nitro benzene ring substituents is 1. The topological polar surface area (TPSA) is 113 Å². The van der Waals surface area contributed by atoms with Gasteiger partial charge in [0.1, 0.15) is 11.3 Å². The van der Waals surface area contributed by atoms with Crippen molar-refractivity contribution in [3.8, 4) is 0 Å². The first-order valence-electron chi connectivity index (χ1n) is 6.67. The van der Waals surface area contributed by atoms with E-state index in [1.165, 1.54) is 18.2 Å². The van der Waals surface area contributed by atoms with Crippen molar-refractivity contribution in [2.45, 2.75) is 19.1 Å². The molecule has 8 heteroatoms. The predicted octanol–water partition coefficient (Wildman–Crippen LogP) is 1.14. The number of benzene rings is 1. The molecule has 118 valence electrons. The van der Waals surface area contributed by atoms with Gasteiger partial charge in [-0.1, -0.05) is 0 Å². The van der Waals surface area contributed by atoms with Crippen molar-refractivity contribution in [2.75, 3.05) is 11.9 Å². The van der Waals surface area contributed by atoms with Crippen LogP contribution in [0, 0.1) is 10.1 Å². The molecule has 0 aliphatic heterocycles. The van der Waals surface area contributed by atoms with Crippen LogP contribution in [-0.4, -0.2) is 31.5 Å². The molecule has 3 N–H and O–H groups in total. The fourth-order valence-corrected chi connectivity index (χ4v) is 2.05. The minimum absolute atomic E-state index is 0.0639. The summed E-state index contributed by atoms with van der Waals surface area (Å²) in [6, 6.07) is 4.31. The van der Waals surface area contributed by atoms with Crippen molar-refractivity contribution in [2.24, 2.45) is 7.05 Å². The van der Waals surface area contributed by atoms with Crippen LogP contribution in [0.3, 0.4) is 0 Å². The molecule has 0 fully saturated rings. The van der Waals surface area contributed by atoms with Crippen LogP contribution in [0.15, 0.2) is 30.6 Å². The van der Waals surface area contributed by atoms with Crippen LogP contribution < -0.4 is 5.32 Å². The molecule has 0 bridgehead atoms. The molecule has 1 aromatic heterocycles. The summed E-state index contributed by atoms with van der Waals surface area (Å²) >= 11 is 0. The van der Waals surface area contributed by atoms with Gasteiger partial charge in [-0.25, -0.2) is 0 Å². The molecule has 2 rings (SSSR count). The summed E-state index contributed by atoms with van der Waals surface area (Å²) in [5.74, 6) is 0. The van der Waals surface area contributed by atoms with Crippen molar-refractivity contribution >= 4 is 11.4 Å². The third-order valence-corrected chi connectivity index (χ3v) is 3.39. The Bertz CT molecular complexity index is 681. The lowest BCUT2D eigenvalue weighted by atomic mass is 9.99. The Labute approximate surface area is 127 Å². The lowest BCUT2D eigenvalue weighted by Crippen LogP contribution is -2.30. The molecular formula is C14H18N4O4. The molecular weight excluding hydrogens is 288 g/mol. The minimum atomic E-state index is -1.24. The average Bonchev–Trinajstić information content (AvgIpc) is 2.92. The maximum atomic E-state index is 11.0. The minimum Gasteiger partial charge on any atom is -0.392 e. The van der Waals surface area contributed by atoms with E-state index in [0.29, 0.717) is 11.1 Å². The van der Waals surface area contributed by atoms with Crippen LogP contribution in [0.25, 0.3) is 0 Å². The maximum Gasteiger partial charge on any atom is 0.292 e. The van der Waals surface area contributed by atoms with E-state index in [9.17, 15) is 15.2 Å². The maximum absolute atomic E-state index is 11.0. The zero-order chi connectivity index (χ0) is 16.3. The largest absolute Gasteiger partial charge is 0.392 e. The second-order valence-corrected chi connectivity index (χ2v) is 5.30. The fraction of sp³-hybridized carbons (Fsp3) is 0.357. The highest BCUT2D eigenvalue weighted by Gasteiger charge is 2.26. The van der Waals surface area contributed by atoms with Crippen LogP contribution in [-0.2, 0) is 19.3 Å². The lowest BCUT2D eigenvalue weighted by Gasteiger charge is -2.23. The van der Waals surface area contributed by atoms with Gasteiger partial charge in [0.25, 0.3) is 5.69 Å². The number of hydrogen-bond donors (Lipinski definition) is 3. The third-order valence-electron chi connectivity index (χ3n) is 3.39. The molecule has 0 aliphatic carbocycles. The Hall–Kier alpha value is -2.45. The van der Waals surface area contributed by atoms with E-state index in [1.807, 2.05) is 0 Å². The summed E-state index contributed by atoms with van der Waals surface area (Å²) in [5.41, 5.74) is 0.0506. The molecule has 0 saturated heterocycles. The van der Waals surface area contributed by atoms with Crippen LogP contribution in [0.5, 0.6) is 0 Å². The SMILES string of the molecule is Cn1cc(C(C)(O)CNc2cc(CO)ccc2[N+](=O)[O-])cn1. The van der Waals surface area contributed by atoms with E-state index in [1.54, 1.807) is 31.0 Å². The summed E-state index contributed by atoms with van der Waals surface area (Å²) in [6.07, 6.45) is 3.22. The molecule has 1 unspecified atom stereocenters.